The second kappa shape index (κ2) is 5.04. The van der Waals surface area contributed by atoms with Crippen LogP contribution in [0.2, 0.25) is 0 Å². The van der Waals surface area contributed by atoms with E-state index in [0.29, 0.717) is 0 Å². The van der Waals surface area contributed by atoms with E-state index in [-0.39, 0.29) is 12.2 Å². The fourth-order valence-electron chi connectivity index (χ4n) is 1.78. The molecule has 0 aromatic heterocycles. The van der Waals surface area contributed by atoms with Crippen LogP contribution in [0.5, 0.6) is 0 Å². The van der Waals surface area contributed by atoms with Crippen molar-refractivity contribution >= 4 is 0 Å². The molecular formula is C9H18O5. The molecule has 0 bridgehead atoms. The van der Waals surface area contributed by atoms with Crippen LogP contribution in [-0.2, 0) is 18.9 Å². The lowest BCUT2D eigenvalue weighted by atomic mass is 9.99. The maximum Gasteiger partial charge on any atom is 0.186 e. The molecule has 1 aliphatic rings. The van der Waals surface area contributed by atoms with Gasteiger partial charge in [0, 0.05) is 21.3 Å². The van der Waals surface area contributed by atoms with E-state index in [1.807, 2.05) is 6.92 Å². The lowest BCUT2D eigenvalue weighted by molar-refractivity contribution is -0.293. The van der Waals surface area contributed by atoms with Crippen LogP contribution >= 0.6 is 0 Å². The molecule has 1 saturated heterocycles. The Labute approximate surface area is 83.9 Å². The standard InChI is InChI=1S/C9H18O5/c1-5-7(11-2)8(12-3)6(10)9(13-4)14-5/h5-10H,1-4H3. The van der Waals surface area contributed by atoms with Gasteiger partial charge in [-0.25, -0.2) is 0 Å². The minimum Gasteiger partial charge on any atom is -0.385 e. The molecule has 0 aromatic carbocycles. The van der Waals surface area contributed by atoms with Crippen LogP contribution in [0, 0.1) is 0 Å². The van der Waals surface area contributed by atoms with Gasteiger partial charge in [0.1, 0.15) is 18.3 Å². The van der Waals surface area contributed by atoms with E-state index in [2.05, 4.69) is 0 Å². The molecule has 1 aliphatic heterocycles. The Morgan fingerprint density at radius 1 is 1.00 bits per heavy atom. The van der Waals surface area contributed by atoms with Crippen LogP contribution in [0.3, 0.4) is 0 Å². The molecule has 0 saturated carbocycles. The lowest BCUT2D eigenvalue weighted by Crippen LogP contribution is -2.58. The second-order valence-electron chi connectivity index (χ2n) is 3.34. The van der Waals surface area contributed by atoms with Crippen molar-refractivity contribution in [2.75, 3.05) is 21.3 Å². The second-order valence-corrected chi connectivity index (χ2v) is 3.34. The molecule has 5 unspecified atom stereocenters. The zero-order valence-corrected chi connectivity index (χ0v) is 8.97. The molecule has 84 valence electrons. The average molecular weight is 206 g/mol. The number of aliphatic hydroxyl groups is 1. The molecule has 1 heterocycles. The topological polar surface area (TPSA) is 57.2 Å². The highest BCUT2D eigenvalue weighted by Crippen LogP contribution is 2.24. The third kappa shape index (κ3) is 2.07. The predicted molar refractivity (Wildman–Crippen MR) is 48.9 cm³/mol. The quantitative estimate of drug-likeness (QED) is 0.691. The van der Waals surface area contributed by atoms with E-state index in [4.69, 9.17) is 18.9 Å². The highest BCUT2D eigenvalue weighted by Gasteiger charge is 2.44. The normalized spacial score (nSPS) is 43.9. The molecule has 0 spiro atoms. The van der Waals surface area contributed by atoms with E-state index in [9.17, 15) is 5.11 Å². The fourth-order valence-corrected chi connectivity index (χ4v) is 1.78. The first-order chi connectivity index (χ1) is 6.65. The molecule has 0 radical (unpaired) electrons. The summed E-state index contributed by atoms with van der Waals surface area (Å²) < 4.78 is 20.8. The maximum absolute atomic E-state index is 9.79. The maximum atomic E-state index is 9.79. The molecule has 0 amide bonds. The largest absolute Gasteiger partial charge is 0.385 e. The summed E-state index contributed by atoms with van der Waals surface area (Å²) in [5.74, 6) is 0. The Morgan fingerprint density at radius 3 is 2.00 bits per heavy atom. The number of aliphatic hydroxyl groups excluding tert-OH is 1. The van der Waals surface area contributed by atoms with Gasteiger partial charge >= 0.3 is 0 Å². The minimum absolute atomic E-state index is 0.168. The first-order valence-corrected chi connectivity index (χ1v) is 4.57. The third-order valence-electron chi connectivity index (χ3n) is 2.53. The summed E-state index contributed by atoms with van der Waals surface area (Å²) in [7, 11) is 4.58. The van der Waals surface area contributed by atoms with Crippen molar-refractivity contribution in [1.29, 1.82) is 0 Å². The van der Waals surface area contributed by atoms with E-state index >= 15 is 0 Å². The number of methoxy groups -OCH3 is 3. The van der Waals surface area contributed by atoms with Crippen molar-refractivity contribution < 1.29 is 24.1 Å². The monoisotopic (exact) mass is 206 g/mol. The predicted octanol–water partition coefficient (Wildman–Crippen LogP) is -0.232. The Kier molecular flexibility index (Phi) is 4.28. The number of rotatable bonds is 3. The lowest BCUT2D eigenvalue weighted by Gasteiger charge is -2.41. The van der Waals surface area contributed by atoms with Gasteiger partial charge in [0.25, 0.3) is 0 Å². The SMILES string of the molecule is COC1OC(C)C(OC)C(OC)C1O. The smallest absolute Gasteiger partial charge is 0.186 e. The zero-order chi connectivity index (χ0) is 10.7. The molecule has 5 heteroatoms. The van der Waals surface area contributed by atoms with Crippen molar-refractivity contribution in [2.45, 2.75) is 37.6 Å². The number of hydrogen-bond donors (Lipinski definition) is 1. The van der Waals surface area contributed by atoms with Crippen LogP contribution < -0.4 is 0 Å². The highest BCUT2D eigenvalue weighted by molar-refractivity contribution is 4.89. The van der Waals surface area contributed by atoms with Crippen molar-refractivity contribution in [3.05, 3.63) is 0 Å². The van der Waals surface area contributed by atoms with Crippen LogP contribution in [0.1, 0.15) is 6.92 Å². The van der Waals surface area contributed by atoms with Crippen LogP contribution in [0.4, 0.5) is 0 Å². The summed E-state index contributed by atoms with van der Waals surface area (Å²) in [5.41, 5.74) is 0. The van der Waals surface area contributed by atoms with Gasteiger partial charge in [-0.05, 0) is 6.92 Å². The van der Waals surface area contributed by atoms with Gasteiger partial charge in [-0.15, -0.1) is 0 Å². The molecule has 0 aliphatic carbocycles. The Balaban J connectivity index is 2.73. The molecule has 5 atom stereocenters. The van der Waals surface area contributed by atoms with Crippen LogP contribution in [0.15, 0.2) is 0 Å². The summed E-state index contributed by atoms with van der Waals surface area (Å²) in [5, 5.41) is 9.79. The van der Waals surface area contributed by atoms with E-state index in [1.165, 1.54) is 14.2 Å². The number of hydrogen-bond acceptors (Lipinski definition) is 5. The van der Waals surface area contributed by atoms with Crippen LogP contribution in [0.25, 0.3) is 0 Å². The van der Waals surface area contributed by atoms with E-state index in [0.717, 1.165) is 0 Å². The molecule has 1 fully saturated rings. The molecular weight excluding hydrogens is 188 g/mol. The van der Waals surface area contributed by atoms with E-state index in [1.54, 1.807) is 7.11 Å². The molecule has 1 N–H and O–H groups in total. The first kappa shape index (κ1) is 11.9. The average Bonchev–Trinajstić information content (AvgIpc) is 2.20. The number of ether oxygens (including phenoxy) is 4. The van der Waals surface area contributed by atoms with Gasteiger partial charge in [0.15, 0.2) is 6.29 Å². The Hall–Kier alpha value is -0.200. The van der Waals surface area contributed by atoms with Crippen LogP contribution in [-0.4, -0.2) is 57.1 Å². The first-order valence-electron chi connectivity index (χ1n) is 4.57. The van der Waals surface area contributed by atoms with Gasteiger partial charge < -0.3 is 24.1 Å². The van der Waals surface area contributed by atoms with Gasteiger partial charge in [0.05, 0.1) is 6.10 Å². The highest BCUT2D eigenvalue weighted by atomic mass is 16.7. The van der Waals surface area contributed by atoms with Gasteiger partial charge in [-0.3, -0.25) is 0 Å². The van der Waals surface area contributed by atoms with Gasteiger partial charge in [0.2, 0.25) is 0 Å². The summed E-state index contributed by atoms with van der Waals surface area (Å²) >= 11 is 0. The Bertz CT molecular complexity index is 175. The van der Waals surface area contributed by atoms with Crippen molar-refractivity contribution in [3.63, 3.8) is 0 Å². The molecule has 0 aromatic rings. The summed E-state index contributed by atoms with van der Waals surface area (Å²) in [6, 6.07) is 0. The van der Waals surface area contributed by atoms with E-state index < -0.39 is 18.5 Å². The summed E-state index contributed by atoms with van der Waals surface area (Å²) in [4.78, 5) is 0. The summed E-state index contributed by atoms with van der Waals surface area (Å²) in [6.45, 7) is 1.86. The molecule has 5 nitrogen and oxygen atoms in total. The van der Waals surface area contributed by atoms with Gasteiger partial charge in [-0.1, -0.05) is 0 Å². The van der Waals surface area contributed by atoms with Crippen molar-refractivity contribution in [3.8, 4) is 0 Å². The molecule has 14 heavy (non-hydrogen) atoms. The van der Waals surface area contributed by atoms with Crippen molar-refractivity contribution in [1.82, 2.24) is 0 Å². The molecule has 1 rings (SSSR count). The zero-order valence-electron chi connectivity index (χ0n) is 8.97. The fraction of sp³-hybridized carbons (Fsp3) is 1.00. The van der Waals surface area contributed by atoms with Crippen molar-refractivity contribution in [2.24, 2.45) is 0 Å². The Morgan fingerprint density at radius 2 is 1.57 bits per heavy atom. The minimum atomic E-state index is -0.828. The van der Waals surface area contributed by atoms with Gasteiger partial charge in [-0.2, -0.15) is 0 Å². The third-order valence-corrected chi connectivity index (χ3v) is 2.53. The summed E-state index contributed by atoms with van der Waals surface area (Å²) in [6.07, 6.45) is -2.35.